The first-order valence-corrected chi connectivity index (χ1v) is 5.62. The van der Waals surface area contributed by atoms with E-state index in [0.717, 1.165) is 17.7 Å². The van der Waals surface area contributed by atoms with Crippen molar-refractivity contribution in [2.45, 2.75) is 12.8 Å². The molecule has 0 aliphatic rings. The molecule has 0 saturated carbocycles. The van der Waals surface area contributed by atoms with Crippen LogP contribution in [0.4, 0.5) is 8.78 Å². The van der Waals surface area contributed by atoms with E-state index in [-0.39, 0.29) is 0 Å². The summed E-state index contributed by atoms with van der Waals surface area (Å²) in [7, 11) is 0. The molecule has 0 aromatic heterocycles. The Bertz CT molecular complexity index is 600. The van der Waals surface area contributed by atoms with Gasteiger partial charge >= 0.3 is 0 Å². The van der Waals surface area contributed by atoms with Crippen LogP contribution in [0.3, 0.4) is 0 Å². The van der Waals surface area contributed by atoms with Crippen molar-refractivity contribution in [2.24, 2.45) is 0 Å². The van der Waals surface area contributed by atoms with Crippen LogP contribution in [0, 0.1) is 23.0 Å². The average molecular weight is 243 g/mol. The highest BCUT2D eigenvalue weighted by Crippen LogP contribution is 2.15. The molecule has 0 aliphatic heterocycles. The van der Waals surface area contributed by atoms with Crippen molar-refractivity contribution >= 4 is 0 Å². The molecule has 18 heavy (non-hydrogen) atoms. The van der Waals surface area contributed by atoms with Crippen molar-refractivity contribution in [2.75, 3.05) is 0 Å². The molecular formula is C15H11F2N. The van der Waals surface area contributed by atoms with E-state index >= 15 is 0 Å². The number of nitrogens with zero attached hydrogens (tertiary/aromatic N) is 1. The highest BCUT2D eigenvalue weighted by molar-refractivity contribution is 5.38. The van der Waals surface area contributed by atoms with Crippen molar-refractivity contribution in [3.63, 3.8) is 0 Å². The molecule has 0 N–H and O–H groups in total. The Morgan fingerprint density at radius 2 is 1.67 bits per heavy atom. The fraction of sp³-hybridized carbons (Fsp3) is 0.133. The number of benzene rings is 2. The van der Waals surface area contributed by atoms with E-state index in [4.69, 9.17) is 5.26 Å². The lowest BCUT2D eigenvalue weighted by molar-refractivity contribution is 0.584. The molecule has 90 valence electrons. The summed E-state index contributed by atoms with van der Waals surface area (Å²) < 4.78 is 26.4. The number of aryl methyl sites for hydroxylation is 2. The largest absolute Gasteiger partial charge is 0.207 e. The van der Waals surface area contributed by atoms with Crippen molar-refractivity contribution < 1.29 is 8.78 Å². The SMILES string of the molecule is N#Cc1ccccc1CCc1cc(F)ccc1F. The van der Waals surface area contributed by atoms with Crippen LogP contribution >= 0.6 is 0 Å². The fourth-order valence-electron chi connectivity index (χ4n) is 1.85. The number of rotatable bonds is 3. The zero-order valence-corrected chi connectivity index (χ0v) is 9.66. The molecule has 0 bridgehead atoms. The number of hydrogen-bond acceptors (Lipinski definition) is 1. The molecule has 0 fully saturated rings. The maximum atomic E-state index is 13.4. The van der Waals surface area contributed by atoms with Gasteiger partial charge in [0.2, 0.25) is 0 Å². The summed E-state index contributed by atoms with van der Waals surface area (Å²) in [5, 5.41) is 8.93. The Hall–Kier alpha value is -2.21. The van der Waals surface area contributed by atoms with Gasteiger partial charge in [0.25, 0.3) is 0 Å². The molecule has 2 rings (SSSR count). The average Bonchev–Trinajstić information content (AvgIpc) is 2.40. The van der Waals surface area contributed by atoms with Crippen LogP contribution in [0.15, 0.2) is 42.5 Å². The molecule has 2 aromatic rings. The molecule has 0 spiro atoms. The van der Waals surface area contributed by atoms with E-state index < -0.39 is 11.6 Å². The third-order valence-electron chi connectivity index (χ3n) is 2.81. The zero-order valence-electron chi connectivity index (χ0n) is 9.66. The summed E-state index contributed by atoms with van der Waals surface area (Å²) in [5.41, 5.74) is 1.76. The molecule has 0 saturated heterocycles. The lowest BCUT2D eigenvalue weighted by Crippen LogP contribution is -1.97. The Morgan fingerprint density at radius 1 is 0.944 bits per heavy atom. The van der Waals surface area contributed by atoms with E-state index in [0.29, 0.717) is 24.0 Å². The highest BCUT2D eigenvalue weighted by Gasteiger charge is 2.06. The van der Waals surface area contributed by atoms with Gasteiger partial charge in [-0.2, -0.15) is 5.26 Å². The van der Waals surface area contributed by atoms with Gasteiger partial charge in [-0.15, -0.1) is 0 Å². The predicted octanol–water partition coefficient (Wildman–Crippen LogP) is 3.62. The second-order valence-electron chi connectivity index (χ2n) is 4.00. The Balaban J connectivity index is 2.17. The number of hydrogen-bond donors (Lipinski definition) is 0. The predicted molar refractivity (Wildman–Crippen MR) is 64.9 cm³/mol. The molecule has 0 atom stereocenters. The first kappa shape index (κ1) is 12.3. The molecule has 2 aromatic carbocycles. The lowest BCUT2D eigenvalue weighted by Gasteiger charge is -2.05. The zero-order chi connectivity index (χ0) is 13.0. The standard InChI is InChI=1S/C15H11F2N/c16-14-7-8-15(17)12(9-14)6-5-11-3-1-2-4-13(11)10-18/h1-4,7-9H,5-6H2. The minimum Gasteiger partial charge on any atom is -0.207 e. The number of nitriles is 1. The smallest absolute Gasteiger partial charge is 0.126 e. The van der Waals surface area contributed by atoms with Gasteiger partial charge < -0.3 is 0 Å². The van der Waals surface area contributed by atoms with Gasteiger partial charge in [0.1, 0.15) is 11.6 Å². The summed E-state index contributed by atoms with van der Waals surface area (Å²) in [6.45, 7) is 0. The third-order valence-corrected chi connectivity index (χ3v) is 2.81. The van der Waals surface area contributed by atoms with Crippen LogP contribution in [0.25, 0.3) is 0 Å². The Labute approximate surface area is 104 Å². The quantitative estimate of drug-likeness (QED) is 0.807. The highest BCUT2D eigenvalue weighted by atomic mass is 19.1. The van der Waals surface area contributed by atoms with E-state index in [1.54, 1.807) is 12.1 Å². The van der Waals surface area contributed by atoms with Crippen molar-refractivity contribution in [1.82, 2.24) is 0 Å². The van der Waals surface area contributed by atoms with Gasteiger partial charge in [0.15, 0.2) is 0 Å². The molecule has 3 heteroatoms. The Morgan fingerprint density at radius 3 is 2.44 bits per heavy atom. The van der Waals surface area contributed by atoms with Crippen LogP contribution < -0.4 is 0 Å². The minimum atomic E-state index is -0.444. The van der Waals surface area contributed by atoms with Gasteiger partial charge in [0, 0.05) is 0 Å². The second kappa shape index (κ2) is 5.42. The molecular weight excluding hydrogens is 232 g/mol. The van der Waals surface area contributed by atoms with Crippen molar-refractivity contribution in [3.05, 3.63) is 70.8 Å². The van der Waals surface area contributed by atoms with Gasteiger partial charge in [-0.05, 0) is 48.2 Å². The van der Waals surface area contributed by atoms with E-state index in [1.165, 1.54) is 6.07 Å². The first-order chi connectivity index (χ1) is 8.70. The molecule has 0 unspecified atom stereocenters. The maximum absolute atomic E-state index is 13.4. The van der Waals surface area contributed by atoms with Crippen molar-refractivity contribution in [1.29, 1.82) is 5.26 Å². The minimum absolute atomic E-state index is 0.336. The normalized spacial score (nSPS) is 10.1. The van der Waals surface area contributed by atoms with Gasteiger partial charge in [-0.1, -0.05) is 18.2 Å². The van der Waals surface area contributed by atoms with Crippen LogP contribution in [0.1, 0.15) is 16.7 Å². The number of halogens is 2. The van der Waals surface area contributed by atoms with Gasteiger partial charge in [0.05, 0.1) is 11.6 Å². The summed E-state index contributed by atoms with van der Waals surface area (Å²) in [6.07, 6.45) is 0.895. The van der Waals surface area contributed by atoms with Crippen LogP contribution in [0.2, 0.25) is 0 Å². The Kier molecular flexibility index (Phi) is 3.69. The summed E-state index contributed by atoms with van der Waals surface area (Å²) in [5.74, 6) is -0.856. The van der Waals surface area contributed by atoms with Crippen LogP contribution in [0.5, 0.6) is 0 Å². The first-order valence-electron chi connectivity index (χ1n) is 5.62. The maximum Gasteiger partial charge on any atom is 0.126 e. The third kappa shape index (κ3) is 2.72. The van der Waals surface area contributed by atoms with Crippen LogP contribution in [-0.2, 0) is 12.8 Å². The lowest BCUT2D eigenvalue weighted by atomic mass is 10.00. The topological polar surface area (TPSA) is 23.8 Å². The van der Waals surface area contributed by atoms with Gasteiger partial charge in [-0.25, -0.2) is 8.78 Å². The summed E-state index contributed by atoms with van der Waals surface area (Å²) in [6, 6.07) is 12.7. The summed E-state index contributed by atoms with van der Waals surface area (Å²) in [4.78, 5) is 0. The molecule has 0 aliphatic carbocycles. The van der Waals surface area contributed by atoms with Gasteiger partial charge in [-0.3, -0.25) is 0 Å². The molecule has 0 amide bonds. The van der Waals surface area contributed by atoms with E-state index in [1.807, 2.05) is 12.1 Å². The molecule has 0 heterocycles. The molecule has 1 nitrogen and oxygen atoms in total. The van der Waals surface area contributed by atoms with Crippen molar-refractivity contribution in [3.8, 4) is 6.07 Å². The van der Waals surface area contributed by atoms with E-state index in [2.05, 4.69) is 6.07 Å². The molecule has 0 radical (unpaired) electrons. The monoisotopic (exact) mass is 243 g/mol. The fourth-order valence-corrected chi connectivity index (χ4v) is 1.85. The van der Waals surface area contributed by atoms with Crippen LogP contribution in [-0.4, -0.2) is 0 Å². The summed E-state index contributed by atoms with van der Waals surface area (Å²) >= 11 is 0. The van der Waals surface area contributed by atoms with E-state index in [9.17, 15) is 8.78 Å². The second-order valence-corrected chi connectivity index (χ2v) is 4.00.